The van der Waals surface area contributed by atoms with Crippen molar-refractivity contribution in [2.45, 2.75) is 43.0 Å². The molecule has 28 heavy (non-hydrogen) atoms. The summed E-state index contributed by atoms with van der Waals surface area (Å²) in [7, 11) is 0. The van der Waals surface area contributed by atoms with E-state index in [9.17, 15) is 9.59 Å². The maximum Gasteiger partial charge on any atom is 0.320 e. The van der Waals surface area contributed by atoms with Gasteiger partial charge >= 0.3 is 6.03 Å². The third kappa shape index (κ3) is 4.27. The van der Waals surface area contributed by atoms with Crippen molar-refractivity contribution in [3.05, 3.63) is 39.8 Å². The summed E-state index contributed by atoms with van der Waals surface area (Å²) in [4.78, 5) is 27.4. The third-order valence-corrected chi connectivity index (χ3v) is 7.33. The minimum Gasteiger partial charge on any atom is -0.367 e. The highest BCUT2D eigenvalue weighted by molar-refractivity contribution is 8.05. The number of primary amides is 1. The molecule has 2 atom stereocenters. The van der Waals surface area contributed by atoms with E-state index in [1.807, 2.05) is 0 Å². The van der Waals surface area contributed by atoms with Crippen molar-refractivity contribution in [1.29, 1.82) is 0 Å². The molecule has 1 fully saturated rings. The molecule has 1 saturated heterocycles. The molecule has 0 spiro atoms. The summed E-state index contributed by atoms with van der Waals surface area (Å²) in [6.07, 6.45) is 4.80. The molecule has 1 aliphatic carbocycles. The quantitative estimate of drug-likeness (QED) is 0.662. The largest absolute Gasteiger partial charge is 0.367 e. The number of rotatable bonds is 4. The van der Waals surface area contributed by atoms with Gasteiger partial charge in [-0.1, -0.05) is 28.9 Å². The van der Waals surface area contributed by atoms with Gasteiger partial charge in [0, 0.05) is 23.2 Å². The van der Waals surface area contributed by atoms with E-state index in [-0.39, 0.29) is 12.4 Å². The Kier molecular flexibility index (Phi) is 6.49. The van der Waals surface area contributed by atoms with Crippen LogP contribution in [0.15, 0.2) is 34.7 Å². The van der Waals surface area contributed by atoms with Crippen LogP contribution < -0.4 is 16.4 Å². The summed E-state index contributed by atoms with van der Waals surface area (Å²) in [5.74, 6) is -0.506. The number of halogens is 2. The number of nitrogens with one attached hydrogen (secondary N) is 2. The van der Waals surface area contributed by atoms with Crippen molar-refractivity contribution in [1.82, 2.24) is 10.2 Å². The number of anilines is 1. The Morgan fingerprint density at radius 2 is 1.96 bits per heavy atom. The number of likely N-dealkylation sites (tertiary alicyclic amines) is 1. The Morgan fingerprint density at radius 1 is 1.25 bits per heavy atom. The molecule has 0 radical (unpaired) electrons. The standard InChI is InChI=1S/C19H23ClN4O2S.ClH/c20-13-3-5-14(6-4-13)22-18(26)23-19(17(21)25)11-12-2-7-15(10-16(12)27-19)24-8-1-9-24;/h3-6,15H,1-2,7-11H2,(H2,21,25)(H2,22,23,26);1H. The predicted molar refractivity (Wildman–Crippen MR) is 116 cm³/mol. The molecule has 2 heterocycles. The van der Waals surface area contributed by atoms with E-state index in [0.29, 0.717) is 23.2 Å². The summed E-state index contributed by atoms with van der Waals surface area (Å²) in [6.45, 7) is 2.33. The first-order valence-corrected chi connectivity index (χ1v) is 10.4. The normalized spacial score (nSPS) is 26.7. The van der Waals surface area contributed by atoms with E-state index in [1.54, 1.807) is 24.3 Å². The first-order chi connectivity index (χ1) is 12.9. The van der Waals surface area contributed by atoms with Gasteiger partial charge in [0.25, 0.3) is 5.91 Å². The van der Waals surface area contributed by atoms with Gasteiger partial charge in [-0.2, -0.15) is 0 Å². The maximum atomic E-state index is 12.5. The Balaban J connectivity index is 0.00000225. The van der Waals surface area contributed by atoms with Gasteiger partial charge in [-0.15, -0.1) is 12.4 Å². The zero-order valence-electron chi connectivity index (χ0n) is 15.4. The van der Waals surface area contributed by atoms with Crippen molar-refractivity contribution in [3.63, 3.8) is 0 Å². The number of nitrogens with two attached hydrogens (primary N) is 1. The van der Waals surface area contributed by atoms with Gasteiger partial charge in [0.05, 0.1) is 0 Å². The van der Waals surface area contributed by atoms with E-state index in [1.165, 1.54) is 41.8 Å². The van der Waals surface area contributed by atoms with E-state index in [0.717, 1.165) is 19.3 Å². The fourth-order valence-corrected chi connectivity index (χ4v) is 5.59. The number of hydrogen-bond donors (Lipinski definition) is 3. The van der Waals surface area contributed by atoms with Crippen LogP contribution in [0.3, 0.4) is 0 Å². The highest BCUT2D eigenvalue weighted by atomic mass is 35.5. The SMILES string of the molecule is Cl.NC(=O)C1(NC(=O)Nc2ccc(Cl)cc2)CC2=C(CC(N3CCC3)CC2)S1. The van der Waals surface area contributed by atoms with Crippen LogP contribution in [0.2, 0.25) is 5.02 Å². The lowest BCUT2D eigenvalue weighted by atomic mass is 9.89. The Bertz CT molecular complexity index is 798. The fourth-order valence-electron chi connectivity index (χ4n) is 3.95. The van der Waals surface area contributed by atoms with Gasteiger partial charge < -0.3 is 16.4 Å². The Morgan fingerprint density at radius 3 is 2.57 bits per heavy atom. The lowest BCUT2D eigenvalue weighted by Crippen LogP contribution is -2.55. The minimum absolute atomic E-state index is 0. The van der Waals surface area contributed by atoms with Crippen LogP contribution in [0.4, 0.5) is 10.5 Å². The smallest absolute Gasteiger partial charge is 0.320 e. The fraction of sp³-hybridized carbons (Fsp3) is 0.474. The van der Waals surface area contributed by atoms with Crippen LogP contribution in [0.1, 0.15) is 32.1 Å². The first kappa shape index (κ1) is 21.3. The highest BCUT2D eigenvalue weighted by Crippen LogP contribution is 2.51. The molecular formula is C19H24Cl2N4O2S. The second-order valence-corrected chi connectivity index (χ2v) is 9.20. The summed E-state index contributed by atoms with van der Waals surface area (Å²) < 4.78 is 0. The number of hydrogen-bond acceptors (Lipinski definition) is 4. The zero-order chi connectivity index (χ0) is 19.0. The van der Waals surface area contributed by atoms with Crippen LogP contribution in [-0.4, -0.2) is 40.8 Å². The molecule has 1 aromatic rings. The van der Waals surface area contributed by atoms with Crippen molar-refractivity contribution in [2.24, 2.45) is 5.73 Å². The number of carbonyl (C=O) groups is 2. The number of benzene rings is 1. The number of carbonyl (C=O) groups excluding carboxylic acids is 2. The molecule has 0 saturated carbocycles. The van der Waals surface area contributed by atoms with E-state index in [2.05, 4.69) is 15.5 Å². The van der Waals surface area contributed by atoms with Crippen LogP contribution in [0, 0.1) is 0 Å². The molecule has 0 bridgehead atoms. The molecular weight excluding hydrogens is 419 g/mol. The zero-order valence-corrected chi connectivity index (χ0v) is 17.8. The monoisotopic (exact) mass is 442 g/mol. The molecule has 3 amide bonds. The maximum absolute atomic E-state index is 12.5. The van der Waals surface area contributed by atoms with Crippen LogP contribution >= 0.6 is 35.8 Å². The highest BCUT2D eigenvalue weighted by Gasteiger charge is 2.48. The average molecular weight is 443 g/mol. The number of thioether (sulfide) groups is 1. The summed E-state index contributed by atoms with van der Waals surface area (Å²) in [6, 6.07) is 6.92. The molecule has 1 aromatic carbocycles. The second-order valence-electron chi connectivity index (χ2n) is 7.37. The van der Waals surface area contributed by atoms with Gasteiger partial charge in [-0.05, 0) is 67.9 Å². The molecule has 4 rings (SSSR count). The second kappa shape index (κ2) is 8.53. The average Bonchev–Trinajstić information content (AvgIpc) is 2.94. The molecule has 4 N–H and O–H groups in total. The molecule has 0 aromatic heterocycles. The molecule has 3 aliphatic rings. The van der Waals surface area contributed by atoms with Gasteiger partial charge in [-0.3, -0.25) is 9.69 Å². The lowest BCUT2D eigenvalue weighted by Gasteiger charge is -2.40. The summed E-state index contributed by atoms with van der Waals surface area (Å²) >= 11 is 7.30. The molecule has 2 unspecified atom stereocenters. The predicted octanol–water partition coefficient (Wildman–Crippen LogP) is 3.71. The van der Waals surface area contributed by atoms with Gasteiger partial charge in [-0.25, -0.2) is 4.79 Å². The Labute approximate surface area is 180 Å². The Hall–Kier alpha value is -1.41. The van der Waals surface area contributed by atoms with Crippen LogP contribution in [0.5, 0.6) is 0 Å². The van der Waals surface area contributed by atoms with Crippen molar-refractivity contribution < 1.29 is 9.59 Å². The molecule has 2 aliphatic heterocycles. The van der Waals surface area contributed by atoms with Crippen LogP contribution in [0.25, 0.3) is 0 Å². The molecule has 152 valence electrons. The van der Waals surface area contributed by atoms with Crippen LogP contribution in [-0.2, 0) is 4.79 Å². The number of nitrogens with zero attached hydrogens (tertiary/aromatic N) is 1. The minimum atomic E-state index is -1.11. The van der Waals surface area contributed by atoms with Gasteiger partial charge in [0.2, 0.25) is 0 Å². The van der Waals surface area contributed by atoms with Crippen molar-refractivity contribution in [3.8, 4) is 0 Å². The van der Waals surface area contributed by atoms with E-state index < -0.39 is 16.8 Å². The van der Waals surface area contributed by atoms with Crippen molar-refractivity contribution >= 4 is 53.4 Å². The van der Waals surface area contributed by atoms with Crippen molar-refractivity contribution in [2.75, 3.05) is 18.4 Å². The van der Waals surface area contributed by atoms with E-state index >= 15 is 0 Å². The van der Waals surface area contributed by atoms with Gasteiger partial charge in [0.15, 0.2) is 4.87 Å². The number of amides is 3. The molecule has 6 nitrogen and oxygen atoms in total. The third-order valence-electron chi connectivity index (χ3n) is 5.58. The number of urea groups is 1. The summed E-state index contributed by atoms with van der Waals surface area (Å²) in [5, 5.41) is 6.17. The first-order valence-electron chi connectivity index (χ1n) is 9.24. The summed E-state index contributed by atoms with van der Waals surface area (Å²) in [5.41, 5.74) is 7.60. The molecule has 9 heteroatoms. The lowest BCUT2D eigenvalue weighted by molar-refractivity contribution is -0.120. The van der Waals surface area contributed by atoms with Gasteiger partial charge in [0.1, 0.15) is 0 Å². The van der Waals surface area contributed by atoms with E-state index in [4.69, 9.17) is 17.3 Å². The topological polar surface area (TPSA) is 87.5 Å².